The van der Waals surface area contributed by atoms with Gasteiger partial charge in [0.25, 0.3) is 11.6 Å². The molecular formula is C20H21ClN2O5. The third-order valence-corrected chi connectivity index (χ3v) is 4.64. The third kappa shape index (κ3) is 5.53. The van der Waals surface area contributed by atoms with Crippen molar-refractivity contribution < 1.29 is 19.2 Å². The molecule has 2 atom stereocenters. The summed E-state index contributed by atoms with van der Waals surface area (Å²) in [5.74, 6) is -1.10. The average molecular weight is 405 g/mol. The minimum Gasteiger partial charge on any atom is -0.449 e. The fourth-order valence-electron chi connectivity index (χ4n) is 2.65. The van der Waals surface area contributed by atoms with E-state index in [9.17, 15) is 19.7 Å². The minimum atomic E-state index is -1.04. The van der Waals surface area contributed by atoms with Crippen LogP contribution in [0.25, 0.3) is 0 Å². The van der Waals surface area contributed by atoms with Crippen LogP contribution < -0.4 is 5.32 Å². The first-order valence-corrected chi connectivity index (χ1v) is 9.18. The quantitative estimate of drug-likeness (QED) is 0.405. The Kier molecular flexibility index (Phi) is 7.52. The Labute approximate surface area is 167 Å². The molecule has 0 spiro atoms. The Morgan fingerprint density at radius 1 is 1.21 bits per heavy atom. The molecule has 8 heteroatoms. The van der Waals surface area contributed by atoms with Crippen molar-refractivity contribution in [3.05, 3.63) is 74.8 Å². The van der Waals surface area contributed by atoms with Crippen molar-refractivity contribution in [2.24, 2.45) is 0 Å². The normalized spacial score (nSPS) is 12.7. The Morgan fingerprint density at radius 3 is 2.46 bits per heavy atom. The highest BCUT2D eigenvalue weighted by Gasteiger charge is 2.22. The molecule has 0 saturated carbocycles. The number of rotatable bonds is 8. The lowest BCUT2D eigenvalue weighted by molar-refractivity contribution is -0.384. The van der Waals surface area contributed by atoms with Crippen LogP contribution in [0.3, 0.4) is 0 Å². The van der Waals surface area contributed by atoms with Gasteiger partial charge in [0.05, 0.1) is 15.5 Å². The van der Waals surface area contributed by atoms with Crippen LogP contribution in [0, 0.1) is 10.1 Å². The lowest BCUT2D eigenvalue weighted by Crippen LogP contribution is -2.38. The molecule has 0 aliphatic rings. The first-order valence-electron chi connectivity index (χ1n) is 8.81. The van der Waals surface area contributed by atoms with Crippen molar-refractivity contribution in [2.45, 2.75) is 32.3 Å². The van der Waals surface area contributed by atoms with Crippen molar-refractivity contribution in [3.8, 4) is 0 Å². The van der Waals surface area contributed by atoms with Gasteiger partial charge in [0.15, 0.2) is 6.10 Å². The Balaban J connectivity index is 1.94. The van der Waals surface area contributed by atoms with Crippen LogP contribution in [0.15, 0.2) is 48.5 Å². The standard InChI is InChI=1S/C20H21ClN2O5/c1-3-14(15-7-5-4-6-8-15)12-22-19(24)13(2)28-20(25)17-10-9-16(23(26)27)11-18(17)21/h4-11,13-14H,3,12H2,1-2H3,(H,22,24)/t13-,14-/m0/s1. The van der Waals surface area contributed by atoms with Crippen LogP contribution >= 0.6 is 11.6 Å². The van der Waals surface area contributed by atoms with Gasteiger partial charge in [-0.1, -0.05) is 48.9 Å². The number of nitrogens with one attached hydrogen (secondary N) is 1. The van der Waals surface area contributed by atoms with Gasteiger partial charge in [0.2, 0.25) is 0 Å². The molecule has 2 aromatic carbocycles. The summed E-state index contributed by atoms with van der Waals surface area (Å²) < 4.78 is 5.15. The van der Waals surface area contributed by atoms with Gasteiger partial charge >= 0.3 is 5.97 Å². The maximum absolute atomic E-state index is 12.3. The van der Waals surface area contributed by atoms with E-state index in [1.54, 1.807) is 0 Å². The molecule has 0 heterocycles. The SMILES string of the molecule is CC[C@@H](CNC(=O)[C@H](C)OC(=O)c1ccc([N+](=O)[O-])cc1Cl)c1ccccc1. The molecule has 0 unspecified atom stereocenters. The van der Waals surface area contributed by atoms with Crippen molar-refractivity contribution in [1.82, 2.24) is 5.32 Å². The van der Waals surface area contributed by atoms with Gasteiger partial charge in [-0.3, -0.25) is 14.9 Å². The molecule has 7 nitrogen and oxygen atoms in total. The van der Waals surface area contributed by atoms with Crippen LogP contribution in [-0.4, -0.2) is 29.4 Å². The number of esters is 1. The average Bonchev–Trinajstić information content (AvgIpc) is 2.68. The van der Waals surface area contributed by atoms with Crippen LogP contribution in [-0.2, 0) is 9.53 Å². The summed E-state index contributed by atoms with van der Waals surface area (Å²) in [7, 11) is 0. The molecule has 28 heavy (non-hydrogen) atoms. The highest BCUT2D eigenvalue weighted by molar-refractivity contribution is 6.33. The molecule has 0 aromatic heterocycles. The maximum atomic E-state index is 12.3. The smallest absolute Gasteiger partial charge is 0.340 e. The van der Waals surface area contributed by atoms with Crippen LogP contribution in [0.1, 0.15) is 42.1 Å². The van der Waals surface area contributed by atoms with Crippen molar-refractivity contribution >= 4 is 29.2 Å². The molecule has 2 rings (SSSR count). The van der Waals surface area contributed by atoms with E-state index in [4.69, 9.17) is 16.3 Å². The second kappa shape index (κ2) is 9.85. The zero-order valence-corrected chi connectivity index (χ0v) is 16.3. The predicted molar refractivity (Wildman–Crippen MR) is 105 cm³/mol. The summed E-state index contributed by atoms with van der Waals surface area (Å²) in [5, 5.41) is 13.4. The van der Waals surface area contributed by atoms with Gasteiger partial charge < -0.3 is 10.1 Å². The molecule has 1 amide bonds. The number of benzene rings is 2. The molecule has 1 N–H and O–H groups in total. The second-order valence-electron chi connectivity index (χ2n) is 6.23. The van der Waals surface area contributed by atoms with E-state index in [1.165, 1.54) is 13.0 Å². The summed E-state index contributed by atoms with van der Waals surface area (Å²) >= 11 is 5.91. The van der Waals surface area contributed by atoms with Gasteiger partial charge in [-0.05, 0) is 25.0 Å². The number of non-ortho nitro benzene ring substituents is 1. The van der Waals surface area contributed by atoms with E-state index >= 15 is 0 Å². The van der Waals surface area contributed by atoms with E-state index in [1.807, 2.05) is 37.3 Å². The number of carbonyl (C=O) groups is 2. The van der Waals surface area contributed by atoms with Gasteiger partial charge in [0.1, 0.15) is 0 Å². The zero-order chi connectivity index (χ0) is 20.7. The number of halogens is 1. The number of hydrogen-bond donors (Lipinski definition) is 1. The lowest BCUT2D eigenvalue weighted by atomic mass is 9.96. The molecule has 0 radical (unpaired) electrons. The largest absolute Gasteiger partial charge is 0.449 e. The van der Waals surface area contributed by atoms with E-state index in [0.29, 0.717) is 6.54 Å². The molecule has 148 valence electrons. The number of nitrogens with zero attached hydrogens (tertiary/aromatic N) is 1. The van der Waals surface area contributed by atoms with Crippen molar-refractivity contribution in [1.29, 1.82) is 0 Å². The topological polar surface area (TPSA) is 98.5 Å². The van der Waals surface area contributed by atoms with Crippen LogP contribution in [0.5, 0.6) is 0 Å². The zero-order valence-electron chi connectivity index (χ0n) is 15.6. The lowest BCUT2D eigenvalue weighted by Gasteiger charge is -2.18. The number of hydrogen-bond acceptors (Lipinski definition) is 5. The van der Waals surface area contributed by atoms with Gasteiger partial charge in [-0.25, -0.2) is 4.79 Å². The van der Waals surface area contributed by atoms with Gasteiger partial charge in [-0.2, -0.15) is 0 Å². The molecule has 0 saturated heterocycles. The number of amides is 1. The van der Waals surface area contributed by atoms with Crippen molar-refractivity contribution in [2.75, 3.05) is 6.54 Å². The molecule has 0 aliphatic heterocycles. The Morgan fingerprint density at radius 2 is 1.89 bits per heavy atom. The first kappa shape index (κ1) is 21.4. The molecule has 2 aromatic rings. The molecular weight excluding hydrogens is 384 g/mol. The molecule has 0 fully saturated rings. The van der Waals surface area contributed by atoms with E-state index in [0.717, 1.165) is 24.1 Å². The summed E-state index contributed by atoms with van der Waals surface area (Å²) in [6.45, 7) is 3.90. The van der Waals surface area contributed by atoms with Gasteiger partial charge in [-0.15, -0.1) is 0 Å². The molecule has 0 bridgehead atoms. The number of nitro benzene ring substituents is 1. The minimum absolute atomic E-state index is 0.0392. The highest BCUT2D eigenvalue weighted by Crippen LogP contribution is 2.23. The third-order valence-electron chi connectivity index (χ3n) is 4.32. The number of carbonyl (C=O) groups excluding carboxylic acids is 2. The van der Waals surface area contributed by atoms with Crippen molar-refractivity contribution in [3.63, 3.8) is 0 Å². The van der Waals surface area contributed by atoms with Gasteiger partial charge in [0, 0.05) is 24.6 Å². The predicted octanol–water partition coefficient (Wildman–Crippen LogP) is 4.10. The summed E-state index contributed by atoms with van der Waals surface area (Å²) in [4.78, 5) is 34.6. The Hall–Kier alpha value is -2.93. The van der Waals surface area contributed by atoms with Crippen LogP contribution in [0.4, 0.5) is 5.69 Å². The summed E-state index contributed by atoms with van der Waals surface area (Å²) in [6.07, 6.45) is -0.191. The fourth-order valence-corrected chi connectivity index (χ4v) is 2.90. The van der Waals surface area contributed by atoms with E-state index in [2.05, 4.69) is 5.32 Å². The summed E-state index contributed by atoms with van der Waals surface area (Å²) in [5.41, 5.74) is 0.842. The highest BCUT2D eigenvalue weighted by atomic mass is 35.5. The van der Waals surface area contributed by atoms with E-state index < -0.39 is 22.9 Å². The fraction of sp³-hybridized carbons (Fsp3) is 0.300. The second-order valence-corrected chi connectivity index (χ2v) is 6.64. The Bertz CT molecular complexity index is 857. The summed E-state index contributed by atoms with van der Waals surface area (Å²) in [6, 6.07) is 13.2. The first-order chi connectivity index (χ1) is 13.3. The van der Waals surface area contributed by atoms with E-state index in [-0.39, 0.29) is 22.2 Å². The number of nitro groups is 1. The van der Waals surface area contributed by atoms with Crippen LogP contribution in [0.2, 0.25) is 5.02 Å². The maximum Gasteiger partial charge on any atom is 0.340 e. The molecule has 0 aliphatic carbocycles. The number of ether oxygens (including phenoxy) is 1. The monoisotopic (exact) mass is 404 g/mol.